The fourth-order valence-corrected chi connectivity index (χ4v) is 1.90. The molecule has 3 amide bonds. The number of amides is 3. The van der Waals surface area contributed by atoms with Crippen molar-refractivity contribution >= 4 is 17.7 Å². The Labute approximate surface area is 114 Å². The molecular weight excluding hydrogens is 246 g/mol. The third-order valence-electron chi connectivity index (χ3n) is 3.10. The van der Waals surface area contributed by atoms with Crippen LogP contribution in [0.25, 0.3) is 0 Å². The summed E-state index contributed by atoms with van der Waals surface area (Å²) in [6.07, 6.45) is -0.104. The number of rotatable bonds is 4. The number of nitrogens with one attached hydrogen (secondary N) is 1. The van der Waals surface area contributed by atoms with Crippen molar-refractivity contribution in [1.29, 1.82) is 0 Å². The van der Waals surface area contributed by atoms with Gasteiger partial charge in [-0.2, -0.15) is 0 Å². The molecule has 0 bridgehead atoms. The molecule has 1 aliphatic heterocycles. The first-order chi connectivity index (χ1) is 8.90. The van der Waals surface area contributed by atoms with Crippen LogP contribution in [0.5, 0.6) is 0 Å². The van der Waals surface area contributed by atoms with E-state index in [0.29, 0.717) is 38.6 Å². The second-order valence-electron chi connectivity index (χ2n) is 5.26. The summed E-state index contributed by atoms with van der Waals surface area (Å²) in [5.41, 5.74) is 0. The molecule has 0 aromatic rings. The summed E-state index contributed by atoms with van der Waals surface area (Å²) < 4.78 is 0. The van der Waals surface area contributed by atoms with E-state index in [2.05, 4.69) is 5.32 Å². The van der Waals surface area contributed by atoms with Crippen molar-refractivity contribution in [3.63, 3.8) is 0 Å². The lowest BCUT2D eigenvalue weighted by Gasteiger charge is -2.34. The van der Waals surface area contributed by atoms with E-state index in [4.69, 9.17) is 0 Å². The highest BCUT2D eigenvalue weighted by Crippen LogP contribution is 2.04. The van der Waals surface area contributed by atoms with Gasteiger partial charge in [-0.25, -0.2) is 0 Å². The normalized spacial score (nSPS) is 15.6. The van der Waals surface area contributed by atoms with Gasteiger partial charge in [0.05, 0.1) is 0 Å². The zero-order chi connectivity index (χ0) is 14.4. The largest absolute Gasteiger partial charge is 0.355 e. The van der Waals surface area contributed by atoms with E-state index >= 15 is 0 Å². The first kappa shape index (κ1) is 15.5. The van der Waals surface area contributed by atoms with E-state index < -0.39 is 0 Å². The molecule has 1 fully saturated rings. The summed E-state index contributed by atoms with van der Waals surface area (Å²) in [7, 11) is 0. The standard InChI is InChI=1S/C13H23N3O3/c1-10(2)9-14-12(18)8-13(19)16-6-4-15(5-7-16)11(3)17/h10H,4-9H2,1-3H3,(H,14,18). The van der Waals surface area contributed by atoms with Crippen molar-refractivity contribution in [2.75, 3.05) is 32.7 Å². The van der Waals surface area contributed by atoms with Crippen LogP contribution in [0.3, 0.4) is 0 Å². The van der Waals surface area contributed by atoms with Gasteiger partial charge in [0, 0.05) is 39.6 Å². The number of carbonyl (C=O) groups is 3. The van der Waals surface area contributed by atoms with E-state index in [1.54, 1.807) is 9.80 Å². The van der Waals surface area contributed by atoms with Crippen LogP contribution in [0, 0.1) is 5.92 Å². The summed E-state index contributed by atoms with van der Waals surface area (Å²) in [5.74, 6) is 0.0112. The van der Waals surface area contributed by atoms with Crippen molar-refractivity contribution in [1.82, 2.24) is 15.1 Å². The fraction of sp³-hybridized carbons (Fsp3) is 0.769. The monoisotopic (exact) mass is 269 g/mol. The molecule has 1 N–H and O–H groups in total. The van der Waals surface area contributed by atoms with Gasteiger partial charge in [-0.15, -0.1) is 0 Å². The Hall–Kier alpha value is -1.59. The molecule has 0 saturated carbocycles. The second-order valence-corrected chi connectivity index (χ2v) is 5.26. The highest BCUT2D eigenvalue weighted by atomic mass is 16.2. The molecule has 0 aromatic heterocycles. The molecular formula is C13H23N3O3. The molecule has 1 aliphatic rings. The molecule has 0 atom stereocenters. The molecule has 108 valence electrons. The Balaban J connectivity index is 2.31. The maximum Gasteiger partial charge on any atom is 0.232 e. The first-order valence-electron chi connectivity index (χ1n) is 6.70. The van der Waals surface area contributed by atoms with Crippen molar-refractivity contribution in [2.45, 2.75) is 27.2 Å². The second kappa shape index (κ2) is 7.11. The van der Waals surface area contributed by atoms with Crippen molar-refractivity contribution in [3.8, 4) is 0 Å². The van der Waals surface area contributed by atoms with Crippen LogP contribution >= 0.6 is 0 Å². The molecule has 6 nitrogen and oxygen atoms in total. The van der Waals surface area contributed by atoms with Crippen LogP contribution in [0.2, 0.25) is 0 Å². The first-order valence-corrected chi connectivity index (χ1v) is 6.70. The summed E-state index contributed by atoms with van der Waals surface area (Å²) in [6, 6.07) is 0. The van der Waals surface area contributed by atoms with Crippen molar-refractivity contribution < 1.29 is 14.4 Å². The number of hydrogen-bond donors (Lipinski definition) is 1. The van der Waals surface area contributed by atoms with Gasteiger partial charge in [-0.1, -0.05) is 13.8 Å². The number of hydrogen-bond acceptors (Lipinski definition) is 3. The zero-order valence-electron chi connectivity index (χ0n) is 11.9. The predicted octanol–water partition coefficient (Wildman–Crippen LogP) is -0.161. The average Bonchev–Trinajstić information content (AvgIpc) is 2.36. The van der Waals surface area contributed by atoms with Crippen molar-refractivity contribution in [2.24, 2.45) is 5.92 Å². The molecule has 0 spiro atoms. The highest BCUT2D eigenvalue weighted by molar-refractivity contribution is 5.97. The molecule has 0 aromatic carbocycles. The van der Waals surface area contributed by atoms with Crippen LogP contribution in [-0.4, -0.2) is 60.2 Å². The van der Waals surface area contributed by atoms with Gasteiger partial charge in [0.25, 0.3) is 0 Å². The van der Waals surface area contributed by atoms with Crippen molar-refractivity contribution in [3.05, 3.63) is 0 Å². The summed E-state index contributed by atoms with van der Waals surface area (Å²) >= 11 is 0. The summed E-state index contributed by atoms with van der Waals surface area (Å²) in [5, 5.41) is 2.73. The van der Waals surface area contributed by atoms with Gasteiger partial charge in [0.1, 0.15) is 6.42 Å². The van der Waals surface area contributed by atoms with Gasteiger partial charge >= 0.3 is 0 Å². The Morgan fingerprint density at radius 2 is 1.58 bits per heavy atom. The maximum absolute atomic E-state index is 11.9. The molecule has 1 rings (SSSR count). The molecule has 1 heterocycles. The summed E-state index contributed by atoms with van der Waals surface area (Å²) in [6.45, 7) is 8.24. The van der Waals surface area contributed by atoms with E-state index in [0.717, 1.165) is 0 Å². The highest BCUT2D eigenvalue weighted by Gasteiger charge is 2.23. The van der Waals surface area contributed by atoms with E-state index in [9.17, 15) is 14.4 Å². The molecule has 19 heavy (non-hydrogen) atoms. The Kier molecular flexibility index (Phi) is 5.79. The number of nitrogens with zero attached hydrogens (tertiary/aromatic N) is 2. The lowest BCUT2D eigenvalue weighted by Crippen LogP contribution is -2.50. The van der Waals surface area contributed by atoms with E-state index in [1.165, 1.54) is 6.92 Å². The Morgan fingerprint density at radius 1 is 1.05 bits per heavy atom. The van der Waals surface area contributed by atoms with E-state index in [-0.39, 0.29) is 24.1 Å². The van der Waals surface area contributed by atoms with E-state index in [1.807, 2.05) is 13.8 Å². The average molecular weight is 269 g/mol. The van der Waals surface area contributed by atoms with Gasteiger partial charge < -0.3 is 15.1 Å². The maximum atomic E-state index is 11.9. The Morgan fingerprint density at radius 3 is 2.05 bits per heavy atom. The minimum absolute atomic E-state index is 0.0294. The zero-order valence-corrected chi connectivity index (χ0v) is 11.9. The molecule has 0 radical (unpaired) electrons. The minimum Gasteiger partial charge on any atom is -0.355 e. The van der Waals surface area contributed by atoms with Crippen LogP contribution in [-0.2, 0) is 14.4 Å². The fourth-order valence-electron chi connectivity index (χ4n) is 1.90. The van der Waals surface area contributed by atoms with Gasteiger partial charge in [0.15, 0.2) is 0 Å². The third-order valence-corrected chi connectivity index (χ3v) is 3.10. The lowest BCUT2D eigenvalue weighted by atomic mass is 10.2. The smallest absolute Gasteiger partial charge is 0.232 e. The van der Waals surface area contributed by atoms with Crippen LogP contribution in [0.4, 0.5) is 0 Å². The van der Waals surface area contributed by atoms with Gasteiger partial charge in [-0.05, 0) is 5.92 Å². The predicted molar refractivity (Wildman–Crippen MR) is 71.3 cm³/mol. The molecule has 0 aliphatic carbocycles. The Bertz CT molecular complexity index is 347. The number of piperazine rings is 1. The lowest BCUT2D eigenvalue weighted by molar-refractivity contribution is -0.141. The van der Waals surface area contributed by atoms with Gasteiger partial charge in [-0.3, -0.25) is 14.4 Å². The van der Waals surface area contributed by atoms with Crippen LogP contribution in [0.1, 0.15) is 27.2 Å². The van der Waals surface area contributed by atoms with Crippen LogP contribution in [0.15, 0.2) is 0 Å². The molecule has 1 saturated heterocycles. The van der Waals surface area contributed by atoms with Crippen LogP contribution < -0.4 is 5.32 Å². The number of carbonyl (C=O) groups excluding carboxylic acids is 3. The minimum atomic E-state index is -0.229. The molecule has 0 unspecified atom stereocenters. The topological polar surface area (TPSA) is 69.7 Å². The summed E-state index contributed by atoms with van der Waals surface area (Å²) in [4.78, 5) is 38.0. The SMILES string of the molecule is CC(=O)N1CCN(C(=O)CC(=O)NCC(C)C)CC1. The quantitative estimate of drug-likeness (QED) is 0.721. The molecule has 6 heteroatoms. The third kappa shape index (κ3) is 5.28. The van der Waals surface area contributed by atoms with Gasteiger partial charge in [0.2, 0.25) is 17.7 Å².